The highest BCUT2D eigenvalue weighted by molar-refractivity contribution is 7.92. The molecule has 1 heterocycles. The van der Waals surface area contributed by atoms with Crippen molar-refractivity contribution in [3.63, 3.8) is 0 Å². The van der Waals surface area contributed by atoms with Crippen LogP contribution in [0.4, 0.5) is 5.69 Å². The summed E-state index contributed by atoms with van der Waals surface area (Å²) in [6.45, 7) is 8.29. The van der Waals surface area contributed by atoms with Crippen LogP contribution in [-0.2, 0) is 39.1 Å². The summed E-state index contributed by atoms with van der Waals surface area (Å²) in [6.07, 6.45) is 1.98. The Morgan fingerprint density at radius 3 is 2.16 bits per heavy atom. The lowest BCUT2D eigenvalue weighted by atomic mass is 10.1. The molecule has 0 saturated carbocycles. The highest BCUT2D eigenvalue weighted by Gasteiger charge is 2.28. The number of hydrogen-bond donors (Lipinski definition) is 1. The zero-order chi connectivity index (χ0) is 23.1. The second kappa shape index (κ2) is 10.9. The van der Waals surface area contributed by atoms with Crippen molar-refractivity contribution in [2.24, 2.45) is 0 Å². The number of morpholine rings is 1. The molecule has 0 unspecified atom stereocenters. The third kappa shape index (κ3) is 6.54. The molecular weight excluding hydrogens is 426 g/mol. The van der Waals surface area contributed by atoms with Crippen molar-refractivity contribution in [3.05, 3.63) is 65.2 Å². The molecule has 3 rings (SSSR count). The van der Waals surface area contributed by atoms with E-state index in [0.717, 1.165) is 56.7 Å². The zero-order valence-electron chi connectivity index (χ0n) is 19.1. The number of carbonyl (C=O) groups excluding carboxylic acids is 1. The van der Waals surface area contributed by atoms with Gasteiger partial charge in [0, 0.05) is 26.2 Å². The molecule has 1 fully saturated rings. The number of ether oxygens (including phenoxy) is 1. The molecule has 174 valence electrons. The molecule has 1 atom stereocenters. The standard InChI is InChI=1S/C24H33N3O4S/c1-4-20-9-11-23(12-10-20)27(32(3,29)30)19(2)24(28)25-17-21-5-7-22(8-6-21)18-26-13-15-31-16-14-26/h5-12,19H,4,13-18H2,1-3H3,(H,25,28)/t19-/m1/s1. The third-order valence-corrected chi connectivity index (χ3v) is 6.93. The highest BCUT2D eigenvalue weighted by atomic mass is 32.2. The topological polar surface area (TPSA) is 79.0 Å². The maximum absolute atomic E-state index is 12.8. The molecule has 1 saturated heterocycles. The first kappa shape index (κ1) is 24.2. The Balaban J connectivity index is 1.60. The fraction of sp³-hybridized carbons (Fsp3) is 0.458. The number of rotatable bonds is 9. The molecule has 0 bridgehead atoms. The summed E-state index contributed by atoms with van der Waals surface area (Å²) in [5.74, 6) is -0.340. The van der Waals surface area contributed by atoms with Crippen LogP contribution in [-0.4, -0.2) is 57.8 Å². The van der Waals surface area contributed by atoms with Crippen LogP contribution in [0.25, 0.3) is 0 Å². The number of benzene rings is 2. The number of aryl methyl sites for hydroxylation is 1. The molecule has 1 aliphatic rings. The molecule has 1 aliphatic heterocycles. The number of hydrogen-bond acceptors (Lipinski definition) is 5. The van der Waals surface area contributed by atoms with Crippen LogP contribution >= 0.6 is 0 Å². The fourth-order valence-corrected chi connectivity index (χ4v) is 4.98. The average molecular weight is 460 g/mol. The van der Waals surface area contributed by atoms with E-state index in [0.29, 0.717) is 12.2 Å². The second-order valence-corrected chi connectivity index (χ2v) is 10.0. The maximum atomic E-state index is 12.8. The van der Waals surface area contributed by atoms with Gasteiger partial charge in [0.25, 0.3) is 0 Å². The number of amides is 1. The summed E-state index contributed by atoms with van der Waals surface area (Å²) in [5, 5.41) is 2.87. The zero-order valence-corrected chi connectivity index (χ0v) is 19.9. The molecule has 1 N–H and O–H groups in total. The lowest BCUT2D eigenvalue weighted by molar-refractivity contribution is -0.122. The molecule has 0 aliphatic carbocycles. The Hall–Kier alpha value is -2.42. The first-order chi connectivity index (χ1) is 15.3. The molecule has 0 radical (unpaired) electrons. The van der Waals surface area contributed by atoms with Crippen LogP contribution in [0.1, 0.15) is 30.5 Å². The third-order valence-electron chi connectivity index (χ3n) is 5.69. The molecule has 8 heteroatoms. The van der Waals surface area contributed by atoms with Gasteiger partial charge < -0.3 is 10.1 Å². The van der Waals surface area contributed by atoms with E-state index < -0.39 is 16.1 Å². The monoisotopic (exact) mass is 459 g/mol. The number of sulfonamides is 1. The van der Waals surface area contributed by atoms with E-state index in [9.17, 15) is 13.2 Å². The number of anilines is 1. The Bertz CT molecular complexity index is 985. The molecule has 0 aromatic heterocycles. The molecule has 0 spiro atoms. The lowest BCUT2D eigenvalue weighted by Gasteiger charge is -2.28. The maximum Gasteiger partial charge on any atom is 0.243 e. The van der Waals surface area contributed by atoms with E-state index >= 15 is 0 Å². The van der Waals surface area contributed by atoms with Crippen molar-refractivity contribution in [1.29, 1.82) is 0 Å². The largest absolute Gasteiger partial charge is 0.379 e. The Morgan fingerprint density at radius 1 is 1.03 bits per heavy atom. The minimum atomic E-state index is -3.63. The Labute approximate surface area is 191 Å². The van der Waals surface area contributed by atoms with Gasteiger partial charge in [-0.3, -0.25) is 14.0 Å². The van der Waals surface area contributed by atoms with Gasteiger partial charge in [0.2, 0.25) is 15.9 Å². The van der Waals surface area contributed by atoms with E-state index in [1.807, 2.05) is 31.2 Å². The fourth-order valence-electron chi connectivity index (χ4n) is 3.80. The van der Waals surface area contributed by atoms with Gasteiger partial charge in [-0.1, -0.05) is 43.3 Å². The van der Waals surface area contributed by atoms with E-state index in [2.05, 4.69) is 22.3 Å². The molecule has 7 nitrogen and oxygen atoms in total. The molecular formula is C24H33N3O4S. The van der Waals surface area contributed by atoms with Crippen molar-refractivity contribution in [1.82, 2.24) is 10.2 Å². The van der Waals surface area contributed by atoms with Crippen LogP contribution in [0, 0.1) is 0 Å². The van der Waals surface area contributed by atoms with E-state index in [1.54, 1.807) is 19.1 Å². The minimum absolute atomic E-state index is 0.340. The van der Waals surface area contributed by atoms with E-state index in [-0.39, 0.29) is 5.91 Å². The Kier molecular flexibility index (Phi) is 8.28. The van der Waals surface area contributed by atoms with Crippen molar-refractivity contribution in [3.8, 4) is 0 Å². The predicted octanol–water partition coefficient (Wildman–Crippen LogP) is 2.55. The average Bonchev–Trinajstić information content (AvgIpc) is 2.78. The normalized spacial score (nSPS) is 15.8. The van der Waals surface area contributed by atoms with E-state index in [1.165, 1.54) is 9.87 Å². The van der Waals surface area contributed by atoms with Gasteiger partial charge in [0.15, 0.2) is 0 Å². The summed E-state index contributed by atoms with van der Waals surface area (Å²) in [6, 6.07) is 14.5. The van der Waals surface area contributed by atoms with Crippen molar-refractivity contribution < 1.29 is 17.9 Å². The Morgan fingerprint density at radius 2 is 1.59 bits per heavy atom. The van der Waals surface area contributed by atoms with Crippen molar-refractivity contribution in [2.45, 2.75) is 39.4 Å². The SMILES string of the molecule is CCc1ccc(N([C@H](C)C(=O)NCc2ccc(CN3CCOCC3)cc2)S(C)(=O)=O)cc1. The minimum Gasteiger partial charge on any atom is -0.379 e. The lowest BCUT2D eigenvalue weighted by Crippen LogP contribution is -2.47. The second-order valence-electron chi connectivity index (χ2n) is 8.18. The summed E-state index contributed by atoms with van der Waals surface area (Å²) < 4.78 is 31.4. The number of nitrogens with one attached hydrogen (secondary N) is 1. The summed E-state index contributed by atoms with van der Waals surface area (Å²) in [7, 11) is -3.63. The van der Waals surface area contributed by atoms with Crippen LogP contribution in [0.5, 0.6) is 0 Å². The summed E-state index contributed by atoms with van der Waals surface area (Å²) >= 11 is 0. The quantitative estimate of drug-likeness (QED) is 0.624. The van der Waals surface area contributed by atoms with Crippen molar-refractivity contribution in [2.75, 3.05) is 36.9 Å². The first-order valence-electron chi connectivity index (χ1n) is 11.0. The van der Waals surface area contributed by atoms with Crippen LogP contribution in [0.2, 0.25) is 0 Å². The van der Waals surface area contributed by atoms with Gasteiger partial charge in [-0.05, 0) is 42.2 Å². The summed E-state index contributed by atoms with van der Waals surface area (Å²) in [5.41, 5.74) is 3.78. The first-order valence-corrected chi connectivity index (χ1v) is 12.9. The van der Waals surface area contributed by atoms with Crippen LogP contribution in [0.3, 0.4) is 0 Å². The molecule has 1 amide bonds. The van der Waals surface area contributed by atoms with Gasteiger partial charge in [-0.2, -0.15) is 0 Å². The molecule has 32 heavy (non-hydrogen) atoms. The smallest absolute Gasteiger partial charge is 0.243 e. The van der Waals surface area contributed by atoms with Crippen LogP contribution in [0.15, 0.2) is 48.5 Å². The van der Waals surface area contributed by atoms with Gasteiger partial charge >= 0.3 is 0 Å². The van der Waals surface area contributed by atoms with Gasteiger partial charge in [-0.15, -0.1) is 0 Å². The van der Waals surface area contributed by atoms with Gasteiger partial charge in [0.05, 0.1) is 25.2 Å². The number of nitrogens with zero attached hydrogens (tertiary/aromatic N) is 2. The van der Waals surface area contributed by atoms with Gasteiger partial charge in [-0.25, -0.2) is 8.42 Å². The molecule has 2 aromatic carbocycles. The van der Waals surface area contributed by atoms with Crippen molar-refractivity contribution >= 4 is 21.6 Å². The van der Waals surface area contributed by atoms with E-state index in [4.69, 9.17) is 4.74 Å². The van der Waals surface area contributed by atoms with Gasteiger partial charge in [0.1, 0.15) is 6.04 Å². The summed E-state index contributed by atoms with van der Waals surface area (Å²) in [4.78, 5) is 15.2. The van der Waals surface area contributed by atoms with Crippen LogP contribution < -0.4 is 9.62 Å². The predicted molar refractivity (Wildman–Crippen MR) is 127 cm³/mol. The number of carbonyl (C=O) groups is 1. The highest BCUT2D eigenvalue weighted by Crippen LogP contribution is 2.22. The molecule has 2 aromatic rings.